The van der Waals surface area contributed by atoms with Gasteiger partial charge in [-0.2, -0.15) is 0 Å². The largest absolute Gasteiger partial charge is 0.349 e. The lowest BCUT2D eigenvalue weighted by Gasteiger charge is -2.16. The summed E-state index contributed by atoms with van der Waals surface area (Å²) < 4.78 is 2.07. The number of aryl methyl sites for hydroxylation is 1. The Labute approximate surface area is 106 Å². The summed E-state index contributed by atoms with van der Waals surface area (Å²) in [5, 5.41) is 4.14. The van der Waals surface area contributed by atoms with Crippen LogP contribution in [-0.2, 0) is 6.54 Å². The molecule has 0 saturated heterocycles. The van der Waals surface area contributed by atoms with Crippen LogP contribution in [0.3, 0.4) is 0 Å². The summed E-state index contributed by atoms with van der Waals surface area (Å²) in [6, 6.07) is 8.05. The number of nitrogens with zero attached hydrogens (tertiary/aromatic N) is 2. The van der Waals surface area contributed by atoms with Gasteiger partial charge in [-0.25, -0.2) is 4.98 Å². The van der Waals surface area contributed by atoms with Crippen LogP contribution in [0.2, 0.25) is 5.02 Å². The molecule has 1 heterocycles. The number of rotatable bonds is 4. The zero-order chi connectivity index (χ0) is 12.3. The highest BCUT2D eigenvalue weighted by atomic mass is 35.5. The van der Waals surface area contributed by atoms with Crippen LogP contribution in [0.15, 0.2) is 36.7 Å². The Balaban J connectivity index is 2.14. The molecule has 0 aliphatic heterocycles. The molecule has 0 saturated carbocycles. The lowest BCUT2D eigenvalue weighted by molar-refractivity contribution is 0.744. The van der Waals surface area contributed by atoms with Gasteiger partial charge in [0.25, 0.3) is 0 Å². The molecule has 3 nitrogen and oxygen atoms in total. The molecule has 1 N–H and O–H groups in total. The number of nitrogens with one attached hydrogen (secondary N) is 1. The number of aromatic nitrogens is 2. The summed E-state index contributed by atoms with van der Waals surface area (Å²) in [5.41, 5.74) is 1.16. The zero-order valence-electron chi connectivity index (χ0n) is 10.0. The maximum Gasteiger partial charge on any atom is 0.203 e. The van der Waals surface area contributed by atoms with Gasteiger partial charge in [-0.05, 0) is 31.5 Å². The van der Waals surface area contributed by atoms with E-state index in [-0.39, 0.29) is 6.04 Å². The van der Waals surface area contributed by atoms with Gasteiger partial charge < -0.3 is 9.88 Å². The lowest BCUT2D eigenvalue weighted by atomic mass is 10.1. The lowest BCUT2D eigenvalue weighted by Crippen LogP contribution is -2.11. The third-order valence-corrected chi connectivity index (χ3v) is 2.99. The molecule has 1 aromatic heterocycles. The van der Waals surface area contributed by atoms with E-state index in [9.17, 15) is 0 Å². The van der Waals surface area contributed by atoms with Gasteiger partial charge in [-0.15, -0.1) is 0 Å². The van der Waals surface area contributed by atoms with Crippen LogP contribution in [0.25, 0.3) is 0 Å². The highest BCUT2D eigenvalue weighted by molar-refractivity contribution is 6.30. The molecule has 17 heavy (non-hydrogen) atoms. The van der Waals surface area contributed by atoms with Gasteiger partial charge in [0, 0.05) is 24.0 Å². The molecule has 2 rings (SSSR count). The molecule has 1 atom stereocenters. The van der Waals surface area contributed by atoms with Crippen LogP contribution < -0.4 is 5.32 Å². The molecule has 4 heteroatoms. The third-order valence-electron chi connectivity index (χ3n) is 2.75. The van der Waals surface area contributed by atoms with E-state index < -0.39 is 0 Å². The van der Waals surface area contributed by atoms with Crippen molar-refractivity contribution in [2.24, 2.45) is 0 Å². The summed E-state index contributed by atoms with van der Waals surface area (Å²) in [5.74, 6) is 0.889. The molecule has 0 fully saturated rings. The van der Waals surface area contributed by atoms with E-state index in [1.165, 1.54) is 0 Å². The van der Waals surface area contributed by atoms with E-state index in [1.807, 2.05) is 24.4 Å². The van der Waals surface area contributed by atoms with Crippen LogP contribution in [0.4, 0.5) is 5.95 Å². The Morgan fingerprint density at radius 3 is 3.00 bits per heavy atom. The fourth-order valence-electron chi connectivity index (χ4n) is 1.76. The van der Waals surface area contributed by atoms with Crippen LogP contribution >= 0.6 is 11.6 Å². The van der Waals surface area contributed by atoms with Crippen molar-refractivity contribution in [3.63, 3.8) is 0 Å². The number of anilines is 1. The van der Waals surface area contributed by atoms with Crippen molar-refractivity contribution in [1.82, 2.24) is 9.55 Å². The molecule has 0 bridgehead atoms. The standard InChI is InChI=1S/C13H16ClN3/c1-3-17-8-7-15-13(17)16-10(2)11-5-4-6-12(14)9-11/h4-10H,3H2,1-2H3,(H,15,16). The van der Waals surface area contributed by atoms with E-state index in [0.717, 1.165) is 23.1 Å². The van der Waals surface area contributed by atoms with Crippen LogP contribution in [0.5, 0.6) is 0 Å². The van der Waals surface area contributed by atoms with E-state index in [4.69, 9.17) is 11.6 Å². The van der Waals surface area contributed by atoms with Gasteiger partial charge in [0.2, 0.25) is 5.95 Å². The number of halogens is 1. The predicted molar refractivity (Wildman–Crippen MR) is 71.4 cm³/mol. The van der Waals surface area contributed by atoms with Gasteiger partial charge in [-0.1, -0.05) is 23.7 Å². The first-order chi connectivity index (χ1) is 8.20. The van der Waals surface area contributed by atoms with Crippen molar-refractivity contribution >= 4 is 17.5 Å². The molecule has 0 amide bonds. The monoisotopic (exact) mass is 249 g/mol. The van der Waals surface area contributed by atoms with E-state index in [1.54, 1.807) is 6.20 Å². The zero-order valence-corrected chi connectivity index (χ0v) is 10.8. The summed E-state index contributed by atoms with van der Waals surface area (Å²) >= 11 is 5.98. The van der Waals surface area contributed by atoms with Crippen molar-refractivity contribution in [3.05, 3.63) is 47.2 Å². The predicted octanol–water partition coefficient (Wildman–Crippen LogP) is 3.73. The van der Waals surface area contributed by atoms with Crippen molar-refractivity contribution in [2.75, 3.05) is 5.32 Å². The Morgan fingerprint density at radius 2 is 2.29 bits per heavy atom. The maximum atomic E-state index is 5.98. The molecular weight excluding hydrogens is 234 g/mol. The SMILES string of the molecule is CCn1ccnc1NC(C)c1cccc(Cl)c1. The average Bonchev–Trinajstić information content (AvgIpc) is 2.76. The fourth-order valence-corrected chi connectivity index (χ4v) is 1.96. The molecule has 0 spiro atoms. The van der Waals surface area contributed by atoms with Crippen molar-refractivity contribution in [3.8, 4) is 0 Å². The Hall–Kier alpha value is -1.48. The minimum atomic E-state index is 0.182. The maximum absolute atomic E-state index is 5.98. The topological polar surface area (TPSA) is 29.9 Å². The fraction of sp³-hybridized carbons (Fsp3) is 0.308. The molecule has 90 valence electrons. The molecule has 1 aromatic carbocycles. The van der Waals surface area contributed by atoms with Gasteiger partial charge in [0.1, 0.15) is 0 Å². The summed E-state index contributed by atoms with van der Waals surface area (Å²) in [6.07, 6.45) is 3.77. The first-order valence-electron chi connectivity index (χ1n) is 5.74. The second kappa shape index (κ2) is 5.23. The number of hydrogen-bond donors (Lipinski definition) is 1. The molecule has 1 unspecified atom stereocenters. The van der Waals surface area contributed by atoms with E-state index >= 15 is 0 Å². The third kappa shape index (κ3) is 2.80. The molecule has 2 aromatic rings. The minimum Gasteiger partial charge on any atom is -0.349 e. The molecular formula is C13H16ClN3. The summed E-state index contributed by atoms with van der Waals surface area (Å²) in [7, 11) is 0. The Kier molecular flexibility index (Phi) is 3.69. The quantitative estimate of drug-likeness (QED) is 0.895. The van der Waals surface area contributed by atoms with Gasteiger partial charge >= 0.3 is 0 Å². The molecule has 0 radical (unpaired) electrons. The normalized spacial score (nSPS) is 12.4. The van der Waals surface area contributed by atoms with E-state index in [0.29, 0.717) is 0 Å². The molecule has 0 aliphatic rings. The minimum absolute atomic E-state index is 0.182. The highest BCUT2D eigenvalue weighted by Gasteiger charge is 2.08. The number of imidazole rings is 1. The Morgan fingerprint density at radius 1 is 1.47 bits per heavy atom. The average molecular weight is 250 g/mol. The van der Waals surface area contributed by atoms with E-state index in [2.05, 4.69) is 34.8 Å². The van der Waals surface area contributed by atoms with Gasteiger partial charge in [0.05, 0.1) is 6.04 Å². The highest BCUT2D eigenvalue weighted by Crippen LogP contribution is 2.20. The number of benzene rings is 1. The van der Waals surface area contributed by atoms with Gasteiger partial charge in [-0.3, -0.25) is 0 Å². The molecule has 0 aliphatic carbocycles. The van der Waals surface area contributed by atoms with Gasteiger partial charge in [0.15, 0.2) is 0 Å². The second-order valence-electron chi connectivity index (χ2n) is 3.96. The van der Waals surface area contributed by atoms with Crippen LogP contribution in [-0.4, -0.2) is 9.55 Å². The smallest absolute Gasteiger partial charge is 0.203 e. The van der Waals surface area contributed by atoms with Crippen molar-refractivity contribution in [1.29, 1.82) is 0 Å². The van der Waals surface area contributed by atoms with Crippen molar-refractivity contribution < 1.29 is 0 Å². The summed E-state index contributed by atoms with van der Waals surface area (Å²) in [6.45, 7) is 5.10. The first-order valence-corrected chi connectivity index (χ1v) is 6.11. The Bertz CT molecular complexity index is 493. The second-order valence-corrected chi connectivity index (χ2v) is 4.39. The van der Waals surface area contributed by atoms with Crippen LogP contribution in [0, 0.1) is 0 Å². The van der Waals surface area contributed by atoms with Crippen LogP contribution in [0.1, 0.15) is 25.5 Å². The summed E-state index contributed by atoms with van der Waals surface area (Å²) in [4.78, 5) is 4.29. The number of hydrogen-bond acceptors (Lipinski definition) is 2. The first kappa shape index (κ1) is 12.0. The van der Waals surface area contributed by atoms with Crippen molar-refractivity contribution in [2.45, 2.75) is 26.4 Å².